The highest BCUT2D eigenvalue weighted by atomic mass is 16.5. The number of fused-ring (bicyclic) bond motifs is 1. The van der Waals surface area contributed by atoms with Gasteiger partial charge in [-0.1, -0.05) is 36.4 Å². The monoisotopic (exact) mass is 401 g/mol. The van der Waals surface area contributed by atoms with Gasteiger partial charge in [0.05, 0.1) is 18.4 Å². The van der Waals surface area contributed by atoms with Crippen molar-refractivity contribution in [2.75, 3.05) is 12.0 Å². The molecule has 30 heavy (non-hydrogen) atoms. The van der Waals surface area contributed by atoms with Crippen LogP contribution in [-0.4, -0.2) is 24.9 Å². The number of anilines is 1. The first-order valence-electron chi connectivity index (χ1n) is 9.36. The quantitative estimate of drug-likeness (QED) is 0.369. The van der Waals surface area contributed by atoms with E-state index in [2.05, 4.69) is 0 Å². The highest BCUT2D eigenvalue weighted by Gasteiger charge is 2.36. The average molecular weight is 401 g/mol. The summed E-state index contributed by atoms with van der Waals surface area (Å²) in [7, 11) is 1.29. The van der Waals surface area contributed by atoms with Gasteiger partial charge in [-0.15, -0.1) is 0 Å². The Labute approximate surface area is 173 Å². The van der Waals surface area contributed by atoms with E-state index in [0.29, 0.717) is 33.9 Å². The molecule has 0 radical (unpaired) electrons. The van der Waals surface area contributed by atoms with Gasteiger partial charge < -0.3 is 9.15 Å². The number of esters is 1. The summed E-state index contributed by atoms with van der Waals surface area (Å²) in [6, 6.07) is 15.7. The van der Waals surface area contributed by atoms with Crippen molar-refractivity contribution in [1.82, 2.24) is 0 Å². The molecule has 4 rings (SSSR count). The number of amides is 2. The molecule has 2 amide bonds. The SMILES string of the molecule is COC(=O)c1cc(/C=C2/C(=O)N(c3ccccc3C)C(=O)c3ccccc32)oc1C. The molecule has 0 saturated carbocycles. The number of hydrogen-bond acceptors (Lipinski definition) is 5. The third-order valence-electron chi connectivity index (χ3n) is 5.07. The Balaban J connectivity index is 1.89. The molecule has 0 bridgehead atoms. The van der Waals surface area contributed by atoms with Gasteiger partial charge in [0.1, 0.15) is 17.1 Å². The maximum Gasteiger partial charge on any atom is 0.341 e. The number of benzene rings is 2. The lowest BCUT2D eigenvalue weighted by molar-refractivity contribution is -0.112. The highest BCUT2D eigenvalue weighted by Crippen LogP contribution is 2.35. The summed E-state index contributed by atoms with van der Waals surface area (Å²) in [5.41, 5.74) is 2.86. The van der Waals surface area contributed by atoms with Crippen LogP contribution in [0.3, 0.4) is 0 Å². The zero-order chi connectivity index (χ0) is 21.4. The predicted molar refractivity (Wildman–Crippen MR) is 112 cm³/mol. The summed E-state index contributed by atoms with van der Waals surface area (Å²) < 4.78 is 10.4. The molecule has 2 aromatic carbocycles. The summed E-state index contributed by atoms with van der Waals surface area (Å²) in [5, 5.41) is 0. The number of imide groups is 1. The van der Waals surface area contributed by atoms with E-state index in [1.807, 2.05) is 19.1 Å². The molecule has 0 saturated heterocycles. The van der Waals surface area contributed by atoms with Crippen LogP contribution in [0.4, 0.5) is 5.69 Å². The number of furan rings is 1. The Kier molecular flexibility index (Phi) is 4.83. The van der Waals surface area contributed by atoms with Gasteiger partial charge in [0, 0.05) is 11.1 Å². The van der Waals surface area contributed by atoms with Crippen LogP contribution in [0.25, 0.3) is 11.6 Å². The Morgan fingerprint density at radius 1 is 0.967 bits per heavy atom. The van der Waals surface area contributed by atoms with Crippen molar-refractivity contribution in [3.05, 3.63) is 88.4 Å². The molecular formula is C24H19NO5. The van der Waals surface area contributed by atoms with E-state index in [-0.39, 0.29) is 11.5 Å². The fourth-order valence-electron chi connectivity index (χ4n) is 3.56. The van der Waals surface area contributed by atoms with Crippen molar-refractivity contribution < 1.29 is 23.5 Å². The molecule has 1 aliphatic rings. The minimum Gasteiger partial charge on any atom is -0.465 e. The lowest BCUT2D eigenvalue weighted by Crippen LogP contribution is -2.42. The molecule has 0 N–H and O–H groups in total. The summed E-state index contributed by atoms with van der Waals surface area (Å²) in [5.74, 6) is -0.648. The number of carbonyl (C=O) groups is 3. The van der Waals surface area contributed by atoms with Crippen molar-refractivity contribution in [2.24, 2.45) is 0 Å². The fraction of sp³-hybridized carbons (Fsp3) is 0.125. The number of rotatable bonds is 3. The third kappa shape index (κ3) is 3.12. The first-order valence-corrected chi connectivity index (χ1v) is 9.36. The maximum absolute atomic E-state index is 13.4. The molecule has 6 heteroatoms. The van der Waals surface area contributed by atoms with Crippen LogP contribution >= 0.6 is 0 Å². The number of ether oxygens (including phenoxy) is 1. The van der Waals surface area contributed by atoms with E-state index in [0.717, 1.165) is 5.56 Å². The van der Waals surface area contributed by atoms with Crippen LogP contribution in [0, 0.1) is 13.8 Å². The molecule has 2 heterocycles. The standard InChI is InChI=1S/C24H19NO5/c1-14-8-4-7-11-21(14)25-22(26)18-10-6-5-9-17(18)20(23(25)27)13-16-12-19(15(2)30-16)24(28)29-3/h4-13H,1-3H3/b20-13+. The van der Waals surface area contributed by atoms with Gasteiger partial charge in [-0.05, 0) is 43.7 Å². The summed E-state index contributed by atoms with van der Waals surface area (Å²) in [4.78, 5) is 39.7. The first-order chi connectivity index (χ1) is 14.4. The second-order valence-electron chi connectivity index (χ2n) is 6.95. The van der Waals surface area contributed by atoms with Crippen LogP contribution in [0.2, 0.25) is 0 Å². The Hall–Kier alpha value is -3.93. The lowest BCUT2D eigenvalue weighted by Gasteiger charge is -2.29. The highest BCUT2D eigenvalue weighted by molar-refractivity contribution is 6.43. The van der Waals surface area contributed by atoms with Crippen LogP contribution in [-0.2, 0) is 9.53 Å². The van der Waals surface area contributed by atoms with Crippen molar-refractivity contribution in [3.63, 3.8) is 0 Å². The molecule has 1 aliphatic heterocycles. The fourth-order valence-corrected chi connectivity index (χ4v) is 3.56. The molecule has 150 valence electrons. The lowest BCUT2D eigenvalue weighted by atomic mass is 9.92. The minimum atomic E-state index is -0.520. The normalized spacial score (nSPS) is 14.8. The maximum atomic E-state index is 13.4. The predicted octanol–water partition coefficient (Wildman–Crippen LogP) is 4.41. The molecule has 0 unspecified atom stereocenters. The van der Waals surface area contributed by atoms with Crippen LogP contribution < -0.4 is 4.90 Å². The van der Waals surface area contributed by atoms with Gasteiger partial charge in [0.15, 0.2) is 0 Å². The number of hydrogen-bond donors (Lipinski definition) is 0. The molecule has 0 fully saturated rings. The third-order valence-corrected chi connectivity index (χ3v) is 5.07. The van der Waals surface area contributed by atoms with E-state index in [9.17, 15) is 14.4 Å². The smallest absolute Gasteiger partial charge is 0.341 e. The Morgan fingerprint density at radius 2 is 1.63 bits per heavy atom. The molecule has 1 aromatic heterocycles. The van der Waals surface area contributed by atoms with Crippen LogP contribution in [0.5, 0.6) is 0 Å². The van der Waals surface area contributed by atoms with Gasteiger partial charge in [-0.2, -0.15) is 0 Å². The van der Waals surface area contributed by atoms with Gasteiger partial charge in [0.25, 0.3) is 11.8 Å². The van der Waals surface area contributed by atoms with Crippen molar-refractivity contribution in [2.45, 2.75) is 13.8 Å². The number of nitrogens with zero attached hydrogens (tertiary/aromatic N) is 1. The van der Waals surface area contributed by atoms with E-state index in [1.54, 1.807) is 49.4 Å². The Bertz CT molecular complexity index is 1220. The summed E-state index contributed by atoms with van der Waals surface area (Å²) in [6.07, 6.45) is 1.55. The molecule has 6 nitrogen and oxygen atoms in total. The van der Waals surface area contributed by atoms with E-state index < -0.39 is 11.9 Å². The van der Waals surface area contributed by atoms with Crippen LogP contribution in [0.15, 0.2) is 59.0 Å². The van der Waals surface area contributed by atoms with Gasteiger partial charge in [-0.25, -0.2) is 9.69 Å². The second-order valence-corrected chi connectivity index (χ2v) is 6.95. The number of methoxy groups -OCH3 is 1. The van der Waals surface area contributed by atoms with Crippen LogP contribution in [0.1, 0.15) is 43.4 Å². The molecule has 0 atom stereocenters. The number of aryl methyl sites for hydroxylation is 2. The van der Waals surface area contributed by atoms with Gasteiger partial charge in [-0.3, -0.25) is 9.59 Å². The molecule has 0 aliphatic carbocycles. The van der Waals surface area contributed by atoms with Crippen molar-refractivity contribution in [1.29, 1.82) is 0 Å². The first kappa shape index (κ1) is 19.4. The van der Waals surface area contributed by atoms with E-state index >= 15 is 0 Å². The number of carbonyl (C=O) groups excluding carboxylic acids is 3. The zero-order valence-electron chi connectivity index (χ0n) is 16.8. The topological polar surface area (TPSA) is 76.8 Å². The van der Waals surface area contributed by atoms with Crippen molar-refractivity contribution in [3.8, 4) is 0 Å². The second kappa shape index (κ2) is 7.48. The molecule has 0 spiro atoms. The number of para-hydroxylation sites is 1. The zero-order valence-corrected chi connectivity index (χ0v) is 16.8. The summed E-state index contributed by atoms with van der Waals surface area (Å²) >= 11 is 0. The average Bonchev–Trinajstić information content (AvgIpc) is 3.12. The molecule has 3 aromatic rings. The van der Waals surface area contributed by atoms with Crippen molar-refractivity contribution >= 4 is 35.1 Å². The Morgan fingerprint density at radius 3 is 2.33 bits per heavy atom. The minimum absolute atomic E-state index is 0.285. The molecular weight excluding hydrogens is 382 g/mol. The van der Waals surface area contributed by atoms with E-state index in [1.165, 1.54) is 18.1 Å². The van der Waals surface area contributed by atoms with Gasteiger partial charge >= 0.3 is 5.97 Å². The summed E-state index contributed by atoms with van der Waals surface area (Å²) in [6.45, 7) is 3.49. The van der Waals surface area contributed by atoms with E-state index in [4.69, 9.17) is 9.15 Å². The largest absolute Gasteiger partial charge is 0.465 e. The van der Waals surface area contributed by atoms with Gasteiger partial charge in [0.2, 0.25) is 0 Å².